The van der Waals surface area contributed by atoms with Gasteiger partial charge in [-0.2, -0.15) is 0 Å². The highest BCUT2D eigenvalue weighted by atomic mass is 35.5. The van der Waals surface area contributed by atoms with Gasteiger partial charge < -0.3 is 10.1 Å². The SMILES string of the molecule is C[C@H](OC(=O)Cc1c(F)cccc1Cl)C(=O)N[C@H]1CCCC[C@@H]1C. The molecule has 1 saturated carbocycles. The highest BCUT2D eigenvalue weighted by Crippen LogP contribution is 2.24. The summed E-state index contributed by atoms with van der Waals surface area (Å²) < 4.78 is 18.8. The largest absolute Gasteiger partial charge is 0.452 e. The molecule has 4 nitrogen and oxygen atoms in total. The summed E-state index contributed by atoms with van der Waals surface area (Å²) >= 11 is 5.89. The van der Waals surface area contributed by atoms with E-state index in [0.29, 0.717) is 5.92 Å². The molecule has 1 amide bonds. The van der Waals surface area contributed by atoms with E-state index in [1.807, 2.05) is 0 Å². The van der Waals surface area contributed by atoms with E-state index in [0.717, 1.165) is 19.3 Å². The Labute approximate surface area is 146 Å². The van der Waals surface area contributed by atoms with E-state index in [9.17, 15) is 14.0 Å². The zero-order chi connectivity index (χ0) is 17.7. The molecule has 2 rings (SSSR count). The second-order valence-electron chi connectivity index (χ2n) is 6.39. The Morgan fingerprint density at radius 3 is 2.75 bits per heavy atom. The fourth-order valence-electron chi connectivity index (χ4n) is 2.97. The molecule has 6 heteroatoms. The standard InChI is InChI=1S/C18H23ClFNO3/c1-11-6-3-4-9-16(11)21-18(23)12(2)24-17(22)10-13-14(19)7-5-8-15(13)20/h5,7-8,11-12,16H,3-4,6,9-10H2,1-2H3,(H,21,23)/t11-,12-,16-/m0/s1. The quantitative estimate of drug-likeness (QED) is 0.820. The van der Waals surface area contributed by atoms with Crippen molar-refractivity contribution in [3.63, 3.8) is 0 Å². The molecule has 0 aliphatic heterocycles. The van der Waals surface area contributed by atoms with Crippen LogP contribution in [0.5, 0.6) is 0 Å². The van der Waals surface area contributed by atoms with Gasteiger partial charge in [-0.05, 0) is 37.8 Å². The Morgan fingerprint density at radius 1 is 1.38 bits per heavy atom. The van der Waals surface area contributed by atoms with Crippen LogP contribution in [0.4, 0.5) is 4.39 Å². The van der Waals surface area contributed by atoms with Crippen LogP contribution in [0.2, 0.25) is 5.02 Å². The minimum Gasteiger partial charge on any atom is -0.452 e. The van der Waals surface area contributed by atoms with E-state index in [1.54, 1.807) is 0 Å². The smallest absolute Gasteiger partial charge is 0.311 e. The third-order valence-corrected chi connectivity index (χ3v) is 4.85. The van der Waals surface area contributed by atoms with E-state index in [2.05, 4.69) is 12.2 Å². The summed E-state index contributed by atoms with van der Waals surface area (Å²) in [5.41, 5.74) is 0.0812. The van der Waals surface area contributed by atoms with Gasteiger partial charge in [0.2, 0.25) is 0 Å². The van der Waals surface area contributed by atoms with Crippen molar-refractivity contribution in [1.82, 2.24) is 5.32 Å². The number of carbonyl (C=O) groups excluding carboxylic acids is 2. The fraction of sp³-hybridized carbons (Fsp3) is 0.556. The topological polar surface area (TPSA) is 55.4 Å². The Morgan fingerprint density at radius 2 is 2.08 bits per heavy atom. The minimum atomic E-state index is -0.919. The molecule has 3 atom stereocenters. The van der Waals surface area contributed by atoms with E-state index < -0.39 is 17.9 Å². The monoisotopic (exact) mass is 355 g/mol. The number of benzene rings is 1. The molecule has 24 heavy (non-hydrogen) atoms. The first kappa shape index (κ1) is 18.7. The predicted octanol–water partition coefficient (Wildman–Crippen LogP) is 3.65. The first-order chi connectivity index (χ1) is 11.4. The van der Waals surface area contributed by atoms with Crippen LogP contribution in [0.1, 0.15) is 45.1 Å². The van der Waals surface area contributed by atoms with Crippen LogP contribution in [0.3, 0.4) is 0 Å². The summed E-state index contributed by atoms with van der Waals surface area (Å²) in [6.07, 6.45) is 3.08. The van der Waals surface area contributed by atoms with Gasteiger partial charge in [-0.25, -0.2) is 4.39 Å². The molecule has 1 N–H and O–H groups in total. The first-order valence-corrected chi connectivity index (χ1v) is 8.69. The predicted molar refractivity (Wildman–Crippen MR) is 90.2 cm³/mol. The third-order valence-electron chi connectivity index (χ3n) is 4.50. The number of halogens is 2. The maximum absolute atomic E-state index is 13.7. The van der Waals surface area contributed by atoms with E-state index in [4.69, 9.17) is 16.3 Å². The van der Waals surface area contributed by atoms with Crippen molar-refractivity contribution in [3.05, 3.63) is 34.6 Å². The molecule has 1 aromatic rings. The normalized spacial score (nSPS) is 21.8. The van der Waals surface area contributed by atoms with Crippen LogP contribution in [-0.2, 0) is 20.7 Å². The lowest BCUT2D eigenvalue weighted by Gasteiger charge is -2.30. The highest BCUT2D eigenvalue weighted by Gasteiger charge is 2.26. The highest BCUT2D eigenvalue weighted by molar-refractivity contribution is 6.31. The summed E-state index contributed by atoms with van der Waals surface area (Å²) in [4.78, 5) is 24.2. The Hall–Kier alpha value is -1.62. The summed E-state index contributed by atoms with van der Waals surface area (Å²) in [5, 5.41) is 3.11. The van der Waals surface area contributed by atoms with Gasteiger partial charge in [0.15, 0.2) is 6.10 Å². The zero-order valence-corrected chi connectivity index (χ0v) is 14.7. The Kier molecular flexibility index (Phi) is 6.60. The molecular weight excluding hydrogens is 333 g/mol. The summed E-state index contributed by atoms with van der Waals surface area (Å²) in [5.74, 6) is -1.14. The summed E-state index contributed by atoms with van der Waals surface area (Å²) in [6.45, 7) is 3.63. The minimum absolute atomic E-state index is 0.0812. The van der Waals surface area contributed by atoms with Gasteiger partial charge in [-0.15, -0.1) is 0 Å². The van der Waals surface area contributed by atoms with Crippen molar-refractivity contribution in [2.24, 2.45) is 5.92 Å². The fourth-order valence-corrected chi connectivity index (χ4v) is 3.20. The molecule has 0 spiro atoms. The zero-order valence-electron chi connectivity index (χ0n) is 14.0. The van der Waals surface area contributed by atoms with Crippen LogP contribution in [-0.4, -0.2) is 24.0 Å². The van der Waals surface area contributed by atoms with Gasteiger partial charge in [-0.1, -0.05) is 37.4 Å². The van der Waals surface area contributed by atoms with Crippen molar-refractivity contribution < 1.29 is 18.7 Å². The number of nitrogens with one attached hydrogen (secondary N) is 1. The molecule has 132 valence electrons. The van der Waals surface area contributed by atoms with Gasteiger partial charge in [0.25, 0.3) is 5.91 Å². The van der Waals surface area contributed by atoms with E-state index in [-0.39, 0.29) is 29.0 Å². The lowest BCUT2D eigenvalue weighted by atomic mass is 9.86. The molecule has 1 aliphatic rings. The van der Waals surface area contributed by atoms with Crippen LogP contribution in [0.25, 0.3) is 0 Å². The summed E-state index contributed by atoms with van der Waals surface area (Å²) in [6, 6.07) is 4.32. The molecular formula is C18H23ClFNO3. The van der Waals surface area contributed by atoms with Crippen LogP contribution in [0, 0.1) is 11.7 Å². The van der Waals surface area contributed by atoms with Crippen molar-refractivity contribution in [3.8, 4) is 0 Å². The van der Waals surface area contributed by atoms with Crippen molar-refractivity contribution in [2.45, 2.75) is 58.1 Å². The lowest BCUT2D eigenvalue weighted by Crippen LogP contribution is -2.46. The number of carbonyl (C=O) groups is 2. The third kappa shape index (κ3) is 4.94. The van der Waals surface area contributed by atoms with Crippen LogP contribution in [0.15, 0.2) is 18.2 Å². The molecule has 1 aromatic carbocycles. The molecule has 0 unspecified atom stereocenters. The number of ether oxygens (including phenoxy) is 1. The van der Waals surface area contributed by atoms with Crippen molar-refractivity contribution in [1.29, 1.82) is 0 Å². The maximum Gasteiger partial charge on any atom is 0.311 e. The molecule has 0 saturated heterocycles. The first-order valence-electron chi connectivity index (χ1n) is 8.31. The second kappa shape index (κ2) is 8.47. The van der Waals surface area contributed by atoms with Crippen LogP contribution >= 0.6 is 11.6 Å². The van der Waals surface area contributed by atoms with Gasteiger partial charge >= 0.3 is 5.97 Å². The van der Waals surface area contributed by atoms with Gasteiger partial charge in [0.05, 0.1) is 6.42 Å². The number of hydrogen-bond acceptors (Lipinski definition) is 3. The maximum atomic E-state index is 13.7. The van der Waals surface area contributed by atoms with E-state index in [1.165, 1.54) is 31.5 Å². The van der Waals surface area contributed by atoms with E-state index >= 15 is 0 Å². The molecule has 0 bridgehead atoms. The lowest BCUT2D eigenvalue weighted by molar-refractivity contribution is -0.154. The summed E-state index contributed by atoms with van der Waals surface area (Å²) in [7, 11) is 0. The van der Waals surface area contributed by atoms with Gasteiger partial charge in [0, 0.05) is 16.6 Å². The number of rotatable bonds is 5. The Bertz CT molecular complexity index is 588. The molecule has 1 aliphatic carbocycles. The van der Waals surface area contributed by atoms with Crippen molar-refractivity contribution >= 4 is 23.5 Å². The molecule has 0 aromatic heterocycles. The van der Waals surface area contributed by atoms with Crippen molar-refractivity contribution in [2.75, 3.05) is 0 Å². The van der Waals surface area contributed by atoms with Crippen LogP contribution < -0.4 is 5.32 Å². The number of hydrogen-bond donors (Lipinski definition) is 1. The number of amides is 1. The van der Waals surface area contributed by atoms with Gasteiger partial charge in [0.1, 0.15) is 5.82 Å². The average molecular weight is 356 g/mol. The average Bonchev–Trinajstić information content (AvgIpc) is 2.53. The molecule has 0 radical (unpaired) electrons. The Balaban J connectivity index is 1.87. The number of esters is 1. The van der Waals surface area contributed by atoms with Gasteiger partial charge in [-0.3, -0.25) is 9.59 Å². The molecule has 0 heterocycles. The molecule has 1 fully saturated rings. The second-order valence-corrected chi connectivity index (χ2v) is 6.79.